The van der Waals surface area contributed by atoms with Gasteiger partial charge in [0.15, 0.2) is 5.78 Å². The van der Waals surface area contributed by atoms with E-state index in [0.717, 1.165) is 18.5 Å². The molecule has 0 bridgehead atoms. The van der Waals surface area contributed by atoms with Crippen molar-refractivity contribution in [1.82, 2.24) is 10.1 Å². The van der Waals surface area contributed by atoms with Gasteiger partial charge in [-0.1, -0.05) is 19.0 Å². The first-order valence-electron chi connectivity index (χ1n) is 9.07. The van der Waals surface area contributed by atoms with Crippen molar-refractivity contribution in [3.8, 4) is 5.75 Å². The summed E-state index contributed by atoms with van der Waals surface area (Å²) in [7, 11) is 0. The Morgan fingerprint density at radius 1 is 1.19 bits per heavy atom. The van der Waals surface area contributed by atoms with Crippen LogP contribution in [0.15, 0.2) is 34.9 Å². The van der Waals surface area contributed by atoms with E-state index in [1.165, 1.54) is 6.92 Å². The molecule has 6 heteroatoms. The quantitative estimate of drug-likeness (QED) is 0.372. The number of carbonyl (C=O) groups is 2. The molecule has 27 heavy (non-hydrogen) atoms. The van der Waals surface area contributed by atoms with E-state index in [4.69, 9.17) is 9.26 Å². The van der Waals surface area contributed by atoms with E-state index in [1.807, 2.05) is 13.8 Å². The fraction of sp³-hybridized carbons (Fsp3) is 0.333. The maximum Gasteiger partial charge on any atom is 0.344 e. The third kappa shape index (κ3) is 3.35. The minimum absolute atomic E-state index is 0.0381. The molecule has 0 saturated heterocycles. The number of esters is 1. The Labute approximate surface area is 156 Å². The van der Waals surface area contributed by atoms with Gasteiger partial charge in [-0.05, 0) is 56.0 Å². The van der Waals surface area contributed by atoms with Gasteiger partial charge < -0.3 is 9.26 Å². The van der Waals surface area contributed by atoms with E-state index in [2.05, 4.69) is 10.1 Å². The van der Waals surface area contributed by atoms with Gasteiger partial charge in [0.2, 0.25) is 0 Å². The Hall–Kier alpha value is -3.02. The summed E-state index contributed by atoms with van der Waals surface area (Å²) < 4.78 is 11.0. The molecule has 6 nitrogen and oxygen atoms in total. The largest absolute Gasteiger partial charge is 0.423 e. The standard InChI is InChI=1S/C21H20N2O4/c1-11(2)19-18-16(10-17(14-4-5-14)22-20(18)27-23-19)21(25)26-15-8-6-13(7-9-15)12(3)24/h6-11,14H,4-5H2,1-3H3. The SMILES string of the molecule is CC(=O)c1ccc(OC(=O)c2cc(C3CC3)nc3onc(C(C)C)c23)cc1. The second-order valence-corrected chi connectivity index (χ2v) is 7.24. The molecule has 1 fully saturated rings. The van der Waals surface area contributed by atoms with E-state index in [-0.39, 0.29) is 11.7 Å². The van der Waals surface area contributed by atoms with Crippen LogP contribution in [0.25, 0.3) is 11.1 Å². The Morgan fingerprint density at radius 3 is 2.48 bits per heavy atom. The third-order valence-electron chi connectivity index (χ3n) is 4.73. The van der Waals surface area contributed by atoms with Crippen LogP contribution in [-0.2, 0) is 0 Å². The molecule has 0 radical (unpaired) electrons. The first kappa shape index (κ1) is 17.4. The molecule has 0 amide bonds. The Morgan fingerprint density at radius 2 is 1.89 bits per heavy atom. The number of hydrogen-bond donors (Lipinski definition) is 0. The lowest BCUT2D eigenvalue weighted by Gasteiger charge is -2.09. The number of ketones is 1. The number of pyridine rings is 1. The van der Waals surface area contributed by atoms with E-state index in [9.17, 15) is 9.59 Å². The summed E-state index contributed by atoms with van der Waals surface area (Å²) in [4.78, 5) is 28.9. The second kappa shape index (κ2) is 6.61. The highest BCUT2D eigenvalue weighted by Crippen LogP contribution is 2.41. The van der Waals surface area contributed by atoms with Crippen molar-refractivity contribution < 1.29 is 18.8 Å². The number of Topliss-reactive ketones (excluding diaryl/α,β-unsaturated/α-hetero) is 1. The molecule has 0 atom stereocenters. The smallest absolute Gasteiger partial charge is 0.344 e. The Bertz CT molecular complexity index is 1030. The first-order valence-corrected chi connectivity index (χ1v) is 9.07. The molecule has 0 N–H and O–H groups in total. The summed E-state index contributed by atoms with van der Waals surface area (Å²) in [6, 6.07) is 8.32. The van der Waals surface area contributed by atoms with E-state index < -0.39 is 5.97 Å². The number of carbonyl (C=O) groups excluding carboxylic acids is 2. The van der Waals surface area contributed by atoms with Gasteiger partial charge in [-0.3, -0.25) is 4.79 Å². The molecule has 0 unspecified atom stereocenters. The highest BCUT2D eigenvalue weighted by molar-refractivity contribution is 6.04. The van der Waals surface area contributed by atoms with Crippen LogP contribution in [0, 0.1) is 0 Å². The predicted molar refractivity (Wildman–Crippen MR) is 99.3 cm³/mol. The van der Waals surface area contributed by atoms with Gasteiger partial charge in [0.05, 0.1) is 16.6 Å². The zero-order chi connectivity index (χ0) is 19.1. The van der Waals surface area contributed by atoms with E-state index >= 15 is 0 Å². The van der Waals surface area contributed by atoms with E-state index in [0.29, 0.717) is 39.6 Å². The zero-order valence-electron chi connectivity index (χ0n) is 15.5. The molecule has 3 aromatic rings. The Balaban J connectivity index is 1.73. The highest BCUT2D eigenvalue weighted by Gasteiger charge is 2.30. The van der Waals surface area contributed by atoms with Gasteiger partial charge in [-0.25, -0.2) is 9.78 Å². The molecule has 2 aromatic heterocycles. The molecular weight excluding hydrogens is 344 g/mol. The van der Waals surface area contributed by atoms with Crippen molar-refractivity contribution >= 4 is 22.9 Å². The summed E-state index contributed by atoms with van der Waals surface area (Å²) in [5, 5.41) is 4.72. The summed E-state index contributed by atoms with van der Waals surface area (Å²) in [5.41, 5.74) is 2.90. The number of ether oxygens (including phenoxy) is 1. The van der Waals surface area contributed by atoms with Crippen molar-refractivity contribution in [1.29, 1.82) is 0 Å². The fourth-order valence-corrected chi connectivity index (χ4v) is 3.06. The molecule has 1 aromatic carbocycles. The molecule has 1 aliphatic rings. The number of aromatic nitrogens is 2. The minimum atomic E-state index is -0.482. The first-order chi connectivity index (χ1) is 12.9. The fourth-order valence-electron chi connectivity index (χ4n) is 3.06. The van der Waals surface area contributed by atoms with Gasteiger partial charge in [-0.2, -0.15) is 0 Å². The number of benzene rings is 1. The van der Waals surface area contributed by atoms with E-state index in [1.54, 1.807) is 30.3 Å². The average molecular weight is 364 g/mol. The maximum absolute atomic E-state index is 12.9. The predicted octanol–water partition coefficient (Wildman–Crippen LogP) is 4.65. The van der Waals surface area contributed by atoms with Crippen LogP contribution >= 0.6 is 0 Å². The molecular formula is C21H20N2O4. The van der Waals surface area contributed by atoms with Gasteiger partial charge in [0.25, 0.3) is 5.71 Å². The second-order valence-electron chi connectivity index (χ2n) is 7.24. The summed E-state index contributed by atoms with van der Waals surface area (Å²) >= 11 is 0. The van der Waals surface area contributed by atoms with Crippen molar-refractivity contribution in [2.75, 3.05) is 0 Å². The van der Waals surface area contributed by atoms with Gasteiger partial charge in [-0.15, -0.1) is 0 Å². The van der Waals surface area contributed by atoms with Crippen LogP contribution in [0.5, 0.6) is 5.75 Å². The number of fused-ring (bicyclic) bond motifs is 1. The third-order valence-corrected chi connectivity index (χ3v) is 4.73. The van der Waals surface area contributed by atoms with Crippen molar-refractivity contribution in [2.45, 2.75) is 45.4 Å². The topological polar surface area (TPSA) is 82.3 Å². The summed E-state index contributed by atoms with van der Waals surface area (Å²) in [6.45, 7) is 5.47. The summed E-state index contributed by atoms with van der Waals surface area (Å²) in [6.07, 6.45) is 2.12. The molecule has 2 heterocycles. The van der Waals surface area contributed by atoms with Crippen LogP contribution in [-0.4, -0.2) is 21.9 Å². The summed E-state index contributed by atoms with van der Waals surface area (Å²) in [5.74, 6) is 0.309. The number of nitrogens with zero attached hydrogens (tertiary/aromatic N) is 2. The highest BCUT2D eigenvalue weighted by atomic mass is 16.5. The lowest BCUT2D eigenvalue weighted by atomic mass is 10.0. The van der Waals surface area contributed by atoms with Crippen LogP contribution in [0.2, 0.25) is 0 Å². The van der Waals surface area contributed by atoms with Gasteiger partial charge in [0.1, 0.15) is 5.75 Å². The lowest BCUT2D eigenvalue weighted by Crippen LogP contribution is -2.11. The Kier molecular flexibility index (Phi) is 4.26. The van der Waals surface area contributed by atoms with Gasteiger partial charge >= 0.3 is 5.97 Å². The molecule has 1 saturated carbocycles. The molecule has 1 aliphatic carbocycles. The maximum atomic E-state index is 12.9. The monoisotopic (exact) mass is 364 g/mol. The van der Waals surface area contributed by atoms with Crippen LogP contribution in [0.1, 0.15) is 77.6 Å². The van der Waals surface area contributed by atoms with Crippen LogP contribution in [0.3, 0.4) is 0 Å². The number of rotatable bonds is 5. The molecule has 4 rings (SSSR count). The van der Waals surface area contributed by atoms with Crippen LogP contribution < -0.4 is 4.74 Å². The normalized spacial score (nSPS) is 13.9. The minimum Gasteiger partial charge on any atom is -0.423 e. The average Bonchev–Trinajstić information content (AvgIpc) is 3.40. The van der Waals surface area contributed by atoms with Crippen molar-refractivity contribution in [2.24, 2.45) is 0 Å². The van der Waals surface area contributed by atoms with Crippen LogP contribution in [0.4, 0.5) is 0 Å². The van der Waals surface area contributed by atoms with Gasteiger partial charge in [0, 0.05) is 17.2 Å². The lowest BCUT2D eigenvalue weighted by molar-refractivity contribution is 0.0736. The molecule has 0 aliphatic heterocycles. The van der Waals surface area contributed by atoms with Crippen molar-refractivity contribution in [3.05, 3.63) is 52.8 Å². The molecule has 138 valence electrons. The molecule has 0 spiro atoms. The van der Waals surface area contributed by atoms with Crippen molar-refractivity contribution in [3.63, 3.8) is 0 Å². The number of hydrogen-bond acceptors (Lipinski definition) is 6. The zero-order valence-corrected chi connectivity index (χ0v) is 15.5.